The van der Waals surface area contributed by atoms with E-state index in [1.807, 2.05) is 0 Å². The fourth-order valence-electron chi connectivity index (χ4n) is 7.12. The third-order valence-electron chi connectivity index (χ3n) is 8.20. The molecule has 0 heterocycles. The molecule has 0 amide bonds. The molecule has 0 aromatic carbocycles. The predicted molar refractivity (Wildman–Crippen MR) is 89.9 cm³/mol. The quantitative estimate of drug-likeness (QED) is 0.518. The minimum Gasteiger partial charge on any atom is -0.103 e. The van der Waals surface area contributed by atoms with Crippen LogP contribution in [0.1, 0.15) is 65.2 Å². The molecule has 0 aromatic rings. The van der Waals surface area contributed by atoms with Gasteiger partial charge in [-0.05, 0) is 99.2 Å². The Morgan fingerprint density at radius 2 is 1.95 bits per heavy atom. The van der Waals surface area contributed by atoms with Crippen molar-refractivity contribution in [2.45, 2.75) is 65.2 Å². The Bertz CT molecular complexity index is 459. The van der Waals surface area contributed by atoms with Gasteiger partial charge >= 0.3 is 0 Å². The molecule has 0 saturated heterocycles. The topological polar surface area (TPSA) is 0 Å². The third kappa shape index (κ3) is 2.01. The zero-order valence-corrected chi connectivity index (χ0v) is 14.0. The van der Waals surface area contributed by atoms with Crippen molar-refractivity contribution in [1.82, 2.24) is 0 Å². The SMILES string of the molecule is C=C[C@H]1CCC2C3CCC4CC(C)=CC[C@H]4C3CC[C@@]21C. The first-order chi connectivity index (χ1) is 10.1. The van der Waals surface area contributed by atoms with Crippen molar-refractivity contribution in [3.8, 4) is 0 Å². The summed E-state index contributed by atoms with van der Waals surface area (Å²) >= 11 is 0. The van der Waals surface area contributed by atoms with Crippen molar-refractivity contribution in [3.05, 3.63) is 24.3 Å². The standard InChI is InChI=1S/C21H32/c1-4-16-7-10-20-19-9-6-15-13-14(2)5-8-17(15)18(19)11-12-21(16,20)3/h4-5,15-20H,1,6-13H2,2-3H3/t15?,16-,17+,18?,19?,20?,21+/m0/s1. The lowest BCUT2D eigenvalue weighted by molar-refractivity contribution is -0.0469. The second-order valence-electron chi connectivity index (χ2n) is 8.89. The van der Waals surface area contributed by atoms with E-state index in [1.165, 1.54) is 51.4 Å². The number of hydrogen-bond acceptors (Lipinski definition) is 0. The number of hydrogen-bond donors (Lipinski definition) is 0. The van der Waals surface area contributed by atoms with Gasteiger partial charge in [-0.2, -0.15) is 0 Å². The molecule has 0 aromatic heterocycles. The largest absolute Gasteiger partial charge is 0.103 e. The summed E-state index contributed by atoms with van der Waals surface area (Å²) in [6.07, 6.45) is 16.6. The molecule has 0 radical (unpaired) electrons. The Hall–Kier alpha value is -0.520. The molecule has 0 spiro atoms. The second kappa shape index (κ2) is 5.00. The van der Waals surface area contributed by atoms with Crippen molar-refractivity contribution < 1.29 is 0 Å². The van der Waals surface area contributed by atoms with E-state index >= 15 is 0 Å². The molecule has 0 bridgehead atoms. The Morgan fingerprint density at radius 3 is 2.76 bits per heavy atom. The maximum atomic E-state index is 4.15. The zero-order chi connectivity index (χ0) is 14.6. The Morgan fingerprint density at radius 1 is 1.10 bits per heavy atom. The lowest BCUT2D eigenvalue weighted by Crippen LogP contribution is -2.47. The molecule has 4 aliphatic rings. The average Bonchev–Trinajstić information content (AvgIpc) is 2.83. The Labute approximate surface area is 131 Å². The number of allylic oxidation sites excluding steroid dienone is 3. The van der Waals surface area contributed by atoms with Crippen LogP contribution < -0.4 is 0 Å². The first-order valence-corrected chi connectivity index (χ1v) is 9.41. The van der Waals surface area contributed by atoms with Gasteiger partial charge in [-0.25, -0.2) is 0 Å². The van der Waals surface area contributed by atoms with Gasteiger partial charge in [0.15, 0.2) is 0 Å². The van der Waals surface area contributed by atoms with Crippen molar-refractivity contribution in [2.24, 2.45) is 40.9 Å². The van der Waals surface area contributed by atoms with Gasteiger partial charge in [0.1, 0.15) is 0 Å². The lowest BCUT2D eigenvalue weighted by atomic mass is 9.50. The highest BCUT2D eigenvalue weighted by molar-refractivity contribution is 5.13. The van der Waals surface area contributed by atoms with E-state index in [9.17, 15) is 0 Å². The van der Waals surface area contributed by atoms with Gasteiger partial charge in [0.05, 0.1) is 0 Å². The molecule has 0 N–H and O–H groups in total. The highest BCUT2D eigenvalue weighted by Crippen LogP contribution is 2.64. The highest BCUT2D eigenvalue weighted by atomic mass is 14.6. The van der Waals surface area contributed by atoms with Gasteiger partial charge in [0.25, 0.3) is 0 Å². The van der Waals surface area contributed by atoms with E-state index < -0.39 is 0 Å². The zero-order valence-electron chi connectivity index (χ0n) is 14.0. The molecule has 0 nitrogen and oxygen atoms in total. The summed E-state index contributed by atoms with van der Waals surface area (Å²) in [5.74, 6) is 5.95. The molecule has 0 heteroatoms. The van der Waals surface area contributed by atoms with Crippen molar-refractivity contribution in [2.75, 3.05) is 0 Å². The molecule has 0 aliphatic heterocycles. The lowest BCUT2D eigenvalue weighted by Gasteiger charge is -2.55. The fraction of sp³-hybridized carbons (Fsp3) is 0.810. The smallest absolute Gasteiger partial charge is 0.0179 e. The maximum absolute atomic E-state index is 4.15. The summed E-state index contributed by atoms with van der Waals surface area (Å²) in [6, 6.07) is 0. The van der Waals surface area contributed by atoms with Crippen LogP contribution in [0.4, 0.5) is 0 Å². The minimum absolute atomic E-state index is 0.593. The first-order valence-electron chi connectivity index (χ1n) is 9.41. The molecule has 21 heavy (non-hydrogen) atoms. The van der Waals surface area contributed by atoms with Crippen LogP contribution in [0.5, 0.6) is 0 Å². The van der Waals surface area contributed by atoms with E-state index in [-0.39, 0.29) is 0 Å². The van der Waals surface area contributed by atoms with Gasteiger partial charge in [-0.3, -0.25) is 0 Å². The molecule has 3 saturated carbocycles. The van der Waals surface area contributed by atoms with E-state index in [1.54, 1.807) is 5.57 Å². The van der Waals surface area contributed by atoms with Crippen LogP contribution in [-0.4, -0.2) is 0 Å². The van der Waals surface area contributed by atoms with Crippen LogP contribution in [0.15, 0.2) is 24.3 Å². The molecule has 7 atom stereocenters. The number of rotatable bonds is 1. The summed E-state index contributed by atoms with van der Waals surface area (Å²) in [7, 11) is 0. The van der Waals surface area contributed by atoms with E-state index in [0.717, 1.165) is 35.5 Å². The molecular weight excluding hydrogens is 252 g/mol. The normalized spacial score (nSPS) is 52.4. The van der Waals surface area contributed by atoms with Crippen LogP contribution >= 0.6 is 0 Å². The molecule has 116 valence electrons. The maximum Gasteiger partial charge on any atom is -0.0179 e. The molecule has 3 fully saturated rings. The van der Waals surface area contributed by atoms with Gasteiger partial charge < -0.3 is 0 Å². The van der Waals surface area contributed by atoms with Crippen LogP contribution in [0.25, 0.3) is 0 Å². The molecular formula is C21H32. The van der Waals surface area contributed by atoms with Gasteiger partial charge in [-0.1, -0.05) is 24.6 Å². The predicted octanol–water partition coefficient (Wildman–Crippen LogP) is 6.00. The number of fused-ring (bicyclic) bond motifs is 5. The van der Waals surface area contributed by atoms with Crippen molar-refractivity contribution in [3.63, 3.8) is 0 Å². The van der Waals surface area contributed by atoms with Gasteiger partial charge in [0, 0.05) is 0 Å². The van der Waals surface area contributed by atoms with E-state index in [4.69, 9.17) is 0 Å². The second-order valence-corrected chi connectivity index (χ2v) is 8.89. The average molecular weight is 284 g/mol. The first kappa shape index (κ1) is 14.1. The summed E-state index contributed by atoms with van der Waals surface area (Å²) in [6.45, 7) is 9.10. The highest BCUT2D eigenvalue weighted by Gasteiger charge is 2.55. The summed E-state index contributed by atoms with van der Waals surface area (Å²) < 4.78 is 0. The monoisotopic (exact) mass is 284 g/mol. The van der Waals surface area contributed by atoms with Crippen LogP contribution in [0.2, 0.25) is 0 Å². The van der Waals surface area contributed by atoms with Crippen LogP contribution in [0, 0.1) is 40.9 Å². The fourth-order valence-corrected chi connectivity index (χ4v) is 7.12. The summed E-state index contributed by atoms with van der Waals surface area (Å²) in [5.41, 5.74) is 2.26. The Kier molecular flexibility index (Phi) is 3.36. The van der Waals surface area contributed by atoms with Gasteiger partial charge in [0.2, 0.25) is 0 Å². The minimum atomic E-state index is 0.593. The van der Waals surface area contributed by atoms with Gasteiger partial charge in [-0.15, -0.1) is 6.58 Å². The van der Waals surface area contributed by atoms with Crippen molar-refractivity contribution >= 4 is 0 Å². The van der Waals surface area contributed by atoms with E-state index in [2.05, 4.69) is 32.6 Å². The molecule has 4 unspecified atom stereocenters. The van der Waals surface area contributed by atoms with Crippen LogP contribution in [-0.2, 0) is 0 Å². The van der Waals surface area contributed by atoms with Crippen molar-refractivity contribution in [1.29, 1.82) is 0 Å². The summed E-state index contributed by atoms with van der Waals surface area (Å²) in [4.78, 5) is 0. The third-order valence-corrected chi connectivity index (χ3v) is 8.20. The summed E-state index contributed by atoms with van der Waals surface area (Å²) in [5, 5.41) is 0. The van der Waals surface area contributed by atoms with E-state index in [0.29, 0.717) is 5.41 Å². The molecule has 4 rings (SSSR count). The Balaban J connectivity index is 1.59. The van der Waals surface area contributed by atoms with Crippen LogP contribution in [0.3, 0.4) is 0 Å². The molecule has 4 aliphatic carbocycles.